The molecule has 0 heterocycles. The number of ether oxygens (including phenoxy) is 1. The Morgan fingerprint density at radius 1 is 1.12 bits per heavy atom. The van der Waals surface area contributed by atoms with Gasteiger partial charge in [-0.25, -0.2) is 0 Å². The summed E-state index contributed by atoms with van der Waals surface area (Å²) in [4.78, 5) is 11.9. The van der Waals surface area contributed by atoms with Gasteiger partial charge in [0.05, 0.1) is 18.6 Å². The number of allylic oxidation sites excluding steroid dienone is 3. The molecule has 146 valence electrons. The smallest absolute Gasteiger partial charge is 0.308 e. The molecule has 0 rings (SSSR count). The van der Waals surface area contributed by atoms with E-state index in [1.54, 1.807) is 0 Å². The maximum absolute atomic E-state index is 11.9. The monoisotopic (exact) mass is 370 g/mol. The third kappa shape index (κ3) is 10.6. The molecule has 0 unspecified atom stereocenters. The largest absolute Gasteiger partial charge is 0.460 e. The molecule has 0 saturated carbocycles. The summed E-state index contributed by atoms with van der Waals surface area (Å²) in [6, 6.07) is 0. The zero-order chi connectivity index (χ0) is 19.9. The fraction of sp³-hybridized carbons (Fsp3) is 0.750. The van der Waals surface area contributed by atoms with Gasteiger partial charge in [0.1, 0.15) is 5.60 Å². The summed E-state index contributed by atoms with van der Waals surface area (Å²) in [6.45, 7) is 18.3. The van der Waals surface area contributed by atoms with Crippen LogP contribution in [-0.4, -0.2) is 37.2 Å². The van der Waals surface area contributed by atoms with Crippen molar-refractivity contribution in [3.8, 4) is 0 Å². The summed E-state index contributed by atoms with van der Waals surface area (Å²) in [7, 11) is -1.98. The van der Waals surface area contributed by atoms with E-state index in [9.17, 15) is 9.90 Å². The van der Waals surface area contributed by atoms with E-state index < -0.39 is 20.0 Å². The van der Waals surface area contributed by atoms with E-state index in [-0.39, 0.29) is 23.5 Å². The van der Waals surface area contributed by atoms with Crippen LogP contribution in [0.2, 0.25) is 18.1 Å². The maximum Gasteiger partial charge on any atom is 0.308 e. The van der Waals surface area contributed by atoms with Gasteiger partial charge in [-0.1, -0.05) is 45.1 Å². The van der Waals surface area contributed by atoms with Crippen molar-refractivity contribution in [1.82, 2.24) is 0 Å². The third-order valence-electron chi connectivity index (χ3n) is 4.21. The minimum absolute atomic E-state index is 0.0217. The Kier molecular flexibility index (Phi) is 9.34. The molecule has 0 saturated heterocycles. The summed E-state index contributed by atoms with van der Waals surface area (Å²) in [5.41, 5.74) is -0.542. The molecule has 0 aromatic rings. The maximum atomic E-state index is 11.9. The molecular weight excluding hydrogens is 332 g/mol. The predicted molar refractivity (Wildman–Crippen MR) is 107 cm³/mol. The molecule has 0 amide bonds. The average Bonchev–Trinajstić information content (AvgIpc) is 2.34. The van der Waals surface area contributed by atoms with Crippen LogP contribution in [0.4, 0.5) is 0 Å². The summed E-state index contributed by atoms with van der Waals surface area (Å²) in [5, 5.41) is 10.4. The first-order valence-corrected chi connectivity index (χ1v) is 12.0. The van der Waals surface area contributed by atoms with Crippen molar-refractivity contribution in [2.45, 2.75) is 97.2 Å². The first kappa shape index (κ1) is 24.1. The lowest BCUT2D eigenvalue weighted by atomic mass is 10.1. The summed E-state index contributed by atoms with van der Waals surface area (Å²) >= 11 is 0. The molecule has 4 nitrogen and oxygen atoms in total. The lowest BCUT2D eigenvalue weighted by Gasteiger charge is -2.39. The minimum Gasteiger partial charge on any atom is -0.460 e. The van der Waals surface area contributed by atoms with E-state index in [0.29, 0.717) is 6.42 Å². The van der Waals surface area contributed by atoms with Gasteiger partial charge in [0, 0.05) is 6.42 Å². The number of carbonyl (C=O) groups excluding carboxylic acids is 1. The van der Waals surface area contributed by atoms with Gasteiger partial charge in [0.2, 0.25) is 0 Å². The van der Waals surface area contributed by atoms with Crippen molar-refractivity contribution in [2.75, 3.05) is 0 Å². The number of carbonyl (C=O) groups is 1. The second-order valence-corrected chi connectivity index (χ2v) is 13.8. The number of esters is 1. The van der Waals surface area contributed by atoms with Crippen LogP contribution in [0.25, 0.3) is 0 Å². The first-order valence-electron chi connectivity index (χ1n) is 9.05. The normalized spacial score (nSPS) is 16.4. The molecule has 0 aliphatic carbocycles. The summed E-state index contributed by atoms with van der Waals surface area (Å²) < 4.78 is 11.7. The molecule has 5 heteroatoms. The van der Waals surface area contributed by atoms with Gasteiger partial charge in [-0.3, -0.25) is 4.79 Å². The number of hydrogen-bond donors (Lipinski definition) is 1. The SMILES string of the molecule is C/C=C/C=C/[C@@H](C[C@H](O)CC(=O)OC(C)(C)C)O[Si](C)(C)C(C)(C)C. The minimum atomic E-state index is -1.98. The number of rotatable bonds is 8. The Balaban J connectivity index is 4.98. The summed E-state index contributed by atoms with van der Waals surface area (Å²) in [6.07, 6.45) is 7.09. The Morgan fingerprint density at radius 2 is 1.68 bits per heavy atom. The standard InChI is InChI=1S/C20H38O4Si/c1-10-11-12-13-17(24-25(8,9)20(5,6)7)14-16(21)15-18(22)23-19(2,3)4/h10-13,16-17,21H,14-15H2,1-9H3/b11-10+,13-12+/t16-,17-/m0/s1. The second-order valence-electron chi connectivity index (χ2n) is 9.01. The lowest BCUT2D eigenvalue weighted by Crippen LogP contribution is -2.44. The van der Waals surface area contributed by atoms with Gasteiger partial charge in [0.15, 0.2) is 8.32 Å². The van der Waals surface area contributed by atoms with Crippen molar-refractivity contribution >= 4 is 14.3 Å². The van der Waals surface area contributed by atoms with Crippen LogP contribution >= 0.6 is 0 Å². The fourth-order valence-corrected chi connectivity index (χ4v) is 3.23. The van der Waals surface area contributed by atoms with Gasteiger partial charge in [-0.05, 0) is 45.8 Å². The molecule has 0 spiro atoms. The van der Waals surface area contributed by atoms with Gasteiger partial charge in [-0.2, -0.15) is 0 Å². The van der Waals surface area contributed by atoms with Crippen LogP contribution in [0.5, 0.6) is 0 Å². The van der Waals surface area contributed by atoms with E-state index in [1.807, 2.05) is 52.0 Å². The highest BCUT2D eigenvalue weighted by atomic mass is 28.4. The highest BCUT2D eigenvalue weighted by Gasteiger charge is 2.39. The van der Waals surface area contributed by atoms with Gasteiger partial charge in [0.25, 0.3) is 0 Å². The average molecular weight is 371 g/mol. The summed E-state index contributed by atoms with van der Waals surface area (Å²) in [5.74, 6) is -0.386. The lowest BCUT2D eigenvalue weighted by molar-refractivity contribution is -0.157. The van der Waals surface area contributed by atoms with Gasteiger partial charge >= 0.3 is 5.97 Å². The van der Waals surface area contributed by atoms with Crippen molar-refractivity contribution in [2.24, 2.45) is 0 Å². The van der Waals surface area contributed by atoms with Gasteiger partial charge in [-0.15, -0.1) is 0 Å². The van der Waals surface area contributed by atoms with Crippen LogP contribution in [0.3, 0.4) is 0 Å². The van der Waals surface area contributed by atoms with E-state index in [1.165, 1.54) is 0 Å². The van der Waals surface area contributed by atoms with Crippen LogP contribution in [-0.2, 0) is 14.0 Å². The fourth-order valence-electron chi connectivity index (χ4n) is 1.95. The molecule has 0 aliphatic heterocycles. The first-order chi connectivity index (χ1) is 11.2. The van der Waals surface area contributed by atoms with E-state index in [2.05, 4.69) is 33.9 Å². The zero-order valence-corrected chi connectivity index (χ0v) is 18.6. The Labute approximate surface area is 155 Å². The molecule has 0 aromatic carbocycles. The number of aliphatic hydroxyl groups excluding tert-OH is 1. The van der Waals surface area contributed by atoms with Crippen molar-refractivity contribution in [3.05, 3.63) is 24.3 Å². The van der Waals surface area contributed by atoms with Crippen molar-refractivity contribution in [3.63, 3.8) is 0 Å². The Hall–Kier alpha value is -0.913. The molecular formula is C20H38O4Si. The molecule has 1 N–H and O–H groups in total. The number of hydrogen-bond acceptors (Lipinski definition) is 4. The van der Waals surface area contributed by atoms with Crippen LogP contribution in [0.15, 0.2) is 24.3 Å². The zero-order valence-electron chi connectivity index (χ0n) is 17.6. The van der Waals surface area contributed by atoms with Crippen molar-refractivity contribution in [1.29, 1.82) is 0 Å². The number of aliphatic hydroxyl groups is 1. The third-order valence-corrected chi connectivity index (χ3v) is 8.71. The molecule has 0 fully saturated rings. The molecule has 0 radical (unpaired) electrons. The topological polar surface area (TPSA) is 55.8 Å². The van der Waals surface area contributed by atoms with Crippen LogP contribution in [0, 0.1) is 0 Å². The van der Waals surface area contributed by atoms with Crippen molar-refractivity contribution < 1.29 is 19.1 Å². The molecule has 0 aromatic heterocycles. The second kappa shape index (κ2) is 9.69. The van der Waals surface area contributed by atoms with Crippen LogP contribution in [0.1, 0.15) is 61.3 Å². The van der Waals surface area contributed by atoms with Crippen LogP contribution < -0.4 is 0 Å². The molecule has 0 aliphatic rings. The van der Waals surface area contributed by atoms with Gasteiger partial charge < -0.3 is 14.3 Å². The highest BCUT2D eigenvalue weighted by molar-refractivity contribution is 6.74. The highest BCUT2D eigenvalue weighted by Crippen LogP contribution is 2.38. The Bertz CT molecular complexity index is 467. The predicted octanol–water partition coefficient (Wildman–Crippen LogP) is 4.99. The molecule has 0 bridgehead atoms. The molecule has 2 atom stereocenters. The van der Waals surface area contributed by atoms with E-state index in [4.69, 9.17) is 9.16 Å². The quantitative estimate of drug-likeness (QED) is 0.371. The van der Waals surface area contributed by atoms with E-state index >= 15 is 0 Å². The van der Waals surface area contributed by atoms with E-state index in [0.717, 1.165) is 0 Å². The molecule has 25 heavy (non-hydrogen) atoms. The Morgan fingerprint density at radius 3 is 2.12 bits per heavy atom.